The van der Waals surface area contributed by atoms with Crippen molar-refractivity contribution in [3.63, 3.8) is 0 Å². The average Bonchev–Trinajstić information content (AvgIpc) is 2.71. The van der Waals surface area contributed by atoms with Gasteiger partial charge in [-0.25, -0.2) is 9.97 Å². The Morgan fingerprint density at radius 2 is 2.06 bits per heavy atom. The van der Waals surface area contributed by atoms with Crippen molar-refractivity contribution in [2.75, 3.05) is 0 Å². The largest absolute Gasteiger partial charge is 0.273 e. The van der Waals surface area contributed by atoms with Crippen LogP contribution in [0.4, 0.5) is 0 Å². The summed E-state index contributed by atoms with van der Waals surface area (Å²) < 4.78 is 0. The Hall–Kier alpha value is -1.65. The first-order valence-corrected chi connectivity index (χ1v) is 5.62. The third-order valence-corrected chi connectivity index (χ3v) is 2.77. The van der Waals surface area contributed by atoms with Gasteiger partial charge in [-0.2, -0.15) is 5.10 Å². The van der Waals surface area contributed by atoms with Gasteiger partial charge in [0.15, 0.2) is 0 Å². The predicted molar refractivity (Wildman–Crippen MR) is 67.1 cm³/mol. The summed E-state index contributed by atoms with van der Waals surface area (Å²) in [5, 5.41) is 7.93. The molecule has 84 valence electrons. The van der Waals surface area contributed by atoms with Gasteiger partial charge in [-0.3, -0.25) is 5.10 Å². The van der Waals surface area contributed by atoms with Crippen molar-refractivity contribution in [3.8, 4) is 11.3 Å². The van der Waals surface area contributed by atoms with E-state index in [1.165, 1.54) is 6.20 Å². The molecule has 3 aromatic rings. The second-order valence-corrected chi connectivity index (χ2v) is 4.30. The van der Waals surface area contributed by atoms with Crippen LogP contribution in [-0.4, -0.2) is 20.2 Å². The molecule has 0 radical (unpaired) electrons. The fourth-order valence-electron chi connectivity index (χ4n) is 1.62. The van der Waals surface area contributed by atoms with Crippen molar-refractivity contribution in [2.24, 2.45) is 0 Å². The minimum atomic E-state index is 0.321. The lowest BCUT2D eigenvalue weighted by atomic mass is 10.1. The van der Waals surface area contributed by atoms with E-state index in [1.54, 1.807) is 0 Å². The van der Waals surface area contributed by atoms with Gasteiger partial charge in [-0.05, 0) is 12.1 Å². The number of hydrogen-bond donors (Lipinski definition) is 1. The summed E-state index contributed by atoms with van der Waals surface area (Å²) in [5.74, 6) is 0. The van der Waals surface area contributed by atoms with Gasteiger partial charge in [-0.15, -0.1) is 0 Å². The Kier molecular flexibility index (Phi) is 2.46. The van der Waals surface area contributed by atoms with E-state index < -0.39 is 0 Å². The van der Waals surface area contributed by atoms with Crippen LogP contribution in [-0.2, 0) is 0 Å². The molecule has 0 bridgehead atoms. The van der Waals surface area contributed by atoms with Crippen molar-refractivity contribution in [2.45, 2.75) is 0 Å². The molecule has 0 saturated carbocycles. The number of fused-ring (bicyclic) bond motifs is 1. The van der Waals surface area contributed by atoms with E-state index in [0.717, 1.165) is 11.3 Å². The standard InChI is InChI=1S/C11H6Cl2N4/c12-7-3-1-2-6(4-7)9-10-11(17-16-9)15-8(13)5-14-10/h1-5H,(H,15,16,17). The second kappa shape index (κ2) is 3.98. The van der Waals surface area contributed by atoms with E-state index in [1.807, 2.05) is 24.3 Å². The molecule has 0 saturated heterocycles. The van der Waals surface area contributed by atoms with E-state index in [9.17, 15) is 0 Å². The minimum absolute atomic E-state index is 0.321. The monoisotopic (exact) mass is 264 g/mol. The van der Waals surface area contributed by atoms with Crippen LogP contribution >= 0.6 is 23.2 Å². The Labute approximate surface area is 107 Å². The maximum absolute atomic E-state index is 5.95. The molecule has 6 heteroatoms. The van der Waals surface area contributed by atoms with Gasteiger partial charge in [0, 0.05) is 10.6 Å². The van der Waals surface area contributed by atoms with Crippen molar-refractivity contribution in [1.82, 2.24) is 20.2 Å². The molecule has 0 fully saturated rings. The number of benzene rings is 1. The highest BCUT2D eigenvalue weighted by molar-refractivity contribution is 6.31. The lowest BCUT2D eigenvalue weighted by Crippen LogP contribution is -1.83. The highest BCUT2D eigenvalue weighted by atomic mass is 35.5. The van der Waals surface area contributed by atoms with Gasteiger partial charge in [-0.1, -0.05) is 35.3 Å². The van der Waals surface area contributed by atoms with Crippen LogP contribution in [0.1, 0.15) is 0 Å². The zero-order chi connectivity index (χ0) is 11.8. The summed E-state index contributed by atoms with van der Waals surface area (Å²) in [5.41, 5.74) is 2.87. The first-order chi connectivity index (χ1) is 8.24. The van der Waals surface area contributed by atoms with E-state index in [-0.39, 0.29) is 0 Å². The molecule has 3 rings (SSSR count). The molecule has 0 aliphatic rings. The first kappa shape index (κ1) is 10.5. The third-order valence-electron chi connectivity index (χ3n) is 2.35. The Morgan fingerprint density at radius 3 is 2.88 bits per heavy atom. The van der Waals surface area contributed by atoms with Gasteiger partial charge in [0.25, 0.3) is 0 Å². The highest BCUT2D eigenvalue weighted by Gasteiger charge is 2.10. The topological polar surface area (TPSA) is 54.5 Å². The summed E-state index contributed by atoms with van der Waals surface area (Å²) in [6.07, 6.45) is 1.49. The number of halogens is 2. The number of hydrogen-bond acceptors (Lipinski definition) is 3. The number of aromatic amines is 1. The summed E-state index contributed by atoms with van der Waals surface area (Å²) in [6.45, 7) is 0. The number of aromatic nitrogens is 4. The van der Waals surface area contributed by atoms with Crippen LogP contribution in [0.15, 0.2) is 30.5 Å². The summed E-state index contributed by atoms with van der Waals surface area (Å²) >= 11 is 11.7. The minimum Gasteiger partial charge on any atom is -0.273 e. The van der Waals surface area contributed by atoms with Gasteiger partial charge in [0.1, 0.15) is 10.7 Å². The smallest absolute Gasteiger partial charge is 0.201 e. The molecule has 0 spiro atoms. The van der Waals surface area contributed by atoms with Crippen molar-refractivity contribution >= 4 is 34.4 Å². The zero-order valence-corrected chi connectivity index (χ0v) is 10.00. The molecular weight excluding hydrogens is 259 g/mol. The molecule has 4 nitrogen and oxygen atoms in total. The fraction of sp³-hybridized carbons (Fsp3) is 0. The molecule has 1 aromatic carbocycles. The number of nitrogens with zero attached hydrogens (tertiary/aromatic N) is 3. The fourth-order valence-corrected chi connectivity index (χ4v) is 1.94. The molecule has 2 heterocycles. The zero-order valence-electron chi connectivity index (χ0n) is 8.48. The predicted octanol–water partition coefficient (Wildman–Crippen LogP) is 3.33. The van der Waals surface area contributed by atoms with Gasteiger partial charge in [0.05, 0.1) is 11.9 Å². The number of nitrogens with one attached hydrogen (secondary N) is 1. The van der Waals surface area contributed by atoms with E-state index in [0.29, 0.717) is 21.3 Å². The van der Waals surface area contributed by atoms with Crippen LogP contribution < -0.4 is 0 Å². The maximum atomic E-state index is 5.95. The molecule has 0 aliphatic heterocycles. The summed E-state index contributed by atoms with van der Waals surface area (Å²) in [6, 6.07) is 7.44. The first-order valence-electron chi connectivity index (χ1n) is 4.86. The Bertz CT molecular complexity index is 693. The molecule has 0 atom stereocenters. The third kappa shape index (κ3) is 1.85. The lowest BCUT2D eigenvalue weighted by Gasteiger charge is -1.98. The summed E-state index contributed by atoms with van der Waals surface area (Å²) in [7, 11) is 0. The average molecular weight is 265 g/mol. The molecule has 17 heavy (non-hydrogen) atoms. The normalized spacial score (nSPS) is 10.9. The molecule has 2 aromatic heterocycles. The van der Waals surface area contributed by atoms with E-state index in [4.69, 9.17) is 23.2 Å². The summed E-state index contributed by atoms with van der Waals surface area (Å²) in [4.78, 5) is 8.29. The molecule has 0 unspecified atom stereocenters. The molecule has 0 amide bonds. The molecule has 1 N–H and O–H groups in total. The SMILES string of the molecule is Clc1cccc(-c2[nH]nc3nc(Cl)cnc23)c1. The van der Waals surface area contributed by atoms with Crippen LogP contribution in [0.3, 0.4) is 0 Å². The lowest BCUT2D eigenvalue weighted by molar-refractivity contribution is 1.10. The Morgan fingerprint density at radius 1 is 1.18 bits per heavy atom. The second-order valence-electron chi connectivity index (χ2n) is 3.47. The molecular formula is C11H6Cl2N4. The molecule has 0 aliphatic carbocycles. The van der Waals surface area contributed by atoms with Crippen LogP contribution in [0.25, 0.3) is 22.4 Å². The van der Waals surface area contributed by atoms with Gasteiger partial charge >= 0.3 is 0 Å². The highest BCUT2D eigenvalue weighted by Crippen LogP contribution is 2.26. The van der Waals surface area contributed by atoms with Crippen molar-refractivity contribution < 1.29 is 0 Å². The number of rotatable bonds is 1. The van der Waals surface area contributed by atoms with Gasteiger partial charge < -0.3 is 0 Å². The Balaban J connectivity index is 2.24. The van der Waals surface area contributed by atoms with Crippen molar-refractivity contribution in [1.29, 1.82) is 0 Å². The van der Waals surface area contributed by atoms with Gasteiger partial charge in [0.2, 0.25) is 5.65 Å². The van der Waals surface area contributed by atoms with E-state index in [2.05, 4.69) is 20.2 Å². The van der Waals surface area contributed by atoms with Crippen LogP contribution in [0, 0.1) is 0 Å². The van der Waals surface area contributed by atoms with Crippen molar-refractivity contribution in [3.05, 3.63) is 40.6 Å². The number of H-pyrrole nitrogens is 1. The quantitative estimate of drug-likeness (QED) is 0.734. The van der Waals surface area contributed by atoms with Crippen LogP contribution in [0.2, 0.25) is 10.2 Å². The van der Waals surface area contributed by atoms with E-state index >= 15 is 0 Å². The maximum Gasteiger partial charge on any atom is 0.201 e. The van der Waals surface area contributed by atoms with Crippen LogP contribution in [0.5, 0.6) is 0 Å².